The summed E-state index contributed by atoms with van der Waals surface area (Å²) in [6.45, 7) is 7.85. The van der Waals surface area contributed by atoms with Gasteiger partial charge in [-0.3, -0.25) is 0 Å². The first-order valence-electron chi connectivity index (χ1n) is 6.03. The quantitative estimate of drug-likeness (QED) is 0.876. The molecule has 0 amide bonds. The number of likely N-dealkylation sites (N-methyl/N-ethyl adjacent to an activating group) is 1. The average Bonchev–Trinajstić information content (AvgIpc) is 2.32. The first-order chi connectivity index (χ1) is 7.74. The molecule has 0 bridgehead atoms. The molecular weight excluding hydrogens is 234 g/mol. The van der Waals surface area contributed by atoms with Gasteiger partial charge >= 0.3 is 0 Å². The summed E-state index contributed by atoms with van der Waals surface area (Å²) >= 11 is 0. The van der Waals surface area contributed by atoms with Crippen LogP contribution in [0.2, 0.25) is 0 Å². The summed E-state index contributed by atoms with van der Waals surface area (Å²) in [5, 5.41) is 3.21. The molecule has 1 aromatic rings. The number of benzene rings is 1. The van der Waals surface area contributed by atoms with E-state index in [4.69, 9.17) is 4.74 Å². The number of hydrogen-bond acceptors (Lipinski definition) is 2. The van der Waals surface area contributed by atoms with E-state index in [9.17, 15) is 0 Å². The third-order valence-corrected chi connectivity index (χ3v) is 2.29. The van der Waals surface area contributed by atoms with Crippen LogP contribution in [-0.4, -0.2) is 26.3 Å². The lowest BCUT2D eigenvalue weighted by molar-refractivity contribution is 0.162. The number of hydrogen-bond donors (Lipinski definition) is 1. The van der Waals surface area contributed by atoms with Crippen LogP contribution in [0.1, 0.15) is 26.3 Å². The minimum atomic E-state index is 0. The molecule has 1 aromatic carbocycles. The first kappa shape index (κ1) is 18.8. The van der Waals surface area contributed by atoms with Crippen molar-refractivity contribution in [3.63, 3.8) is 0 Å². The van der Waals surface area contributed by atoms with E-state index in [1.54, 1.807) is 0 Å². The normalized spacial score (nSPS) is 10.8. The maximum atomic E-state index is 4.83. The Kier molecular flexibility index (Phi) is 14.9. The molecule has 0 heterocycles. The number of rotatable bonds is 5. The van der Waals surface area contributed by atoms with Gasteiger partial charge in [0.05, 0.1) is 0 Å². The number of halogens is 1. The third-order valence-electron chi connectivity index (χ3n) is 2.29. The highest BCUT2D eigenvalue weighted by Gasteiger charge is 1.97. The summed E-state index contributed by atoms with van der Waals surface area (Å²) in [5.74, 6) is 0. The molecule has 2 nitrogen and oxygen atoms in total. The molecular formula is C14H26ClNO. The van der Waals surface area contributed by atoms with E-state index in [1.807, 2.05) is 27.0 Å². The second kappa shape index (κ2) is 13.5. The van der Waals surface area contributed by atoms with E-state index in [0.29, 0.717) is 6.04 Å². The van der Waals surface area contributed by atoms with E-state index in [1.165, 1.54) is 5.56 Å². The van der Waals surface area contributed by atoms with Crippen LogP contribution in [0, 0.1) is 0 Å². The zero-order chi connectivity index (χ0) is 12.2. The molecule has 0 aliphatic heterocycles. The lowest BCUT2D eigenvalue weighted by Gasteiger charge is -2.08. The Hall–Kier alpha value is -0.570. The molecule has 0 radical (unpaired) electrons. The van der Waals surface area contributed by atoms with Crippen molar-refractivity contribution in [1.29, 1.82) is 0 Å². The predicted octanol–water partition coefficient (Wildman–Crippen LogP) is 3.30. The fourth-order valence-electron chi connectivity index (χ4n) is 1.27. The summed E-state index contributed by atoms with van der Waals surface area (Å²) in [5.41, 5.74) is 1.40. The van der Waals surface area contributed by atoms with E-state index in [2.05, 4.69) is 36.5 Å². The van der Waals surface area contributed by atoms with Crippen LogP contribution < -0.4 is 5.32 Å². The number of ether oxygens (including phenoxy) is 1. The summed E-state index contributed by atoms with van der Waals surface area (Å²) in [4.78, 5) is 0. The summed E-state index contributed by atoms with van der Waals surface area (Å²) in [6, 6.07) is 11.1. The fourth-order valence-corrected chi connectivity index (χ4v) is 1.27. The van der Waals surface area contributed by atoms with Gasteiger partial charge in [0.15, 0.2) is 0 Å². The minimum absolute atomic E-state index is 0. The van der Waals surface area contributed by atoms with Crippen molar-refractivity contribution in [2.45, 2.75) is 33.2 Å². The van der Waals surface area contributed by atoms with E-state index < -0.39 is 0 Å². The van der Waals surface area contributed by atoms with Crippen molar-refractivity contribution in [1.82, 2.24) is 5.32 Å². The molecule has 3 heteroatoms. The molecule has 0 aromatic heterocycles. The van der Waals surface area contributed by atoms with Crippen molar-refractivity contribution >= 4 is 12.4 Å². The molecule has 0 saturated heterocycles. The van der Waals surface area contributed by atoms with E-state index in [-0.39, 0.29) is 12.4 Å². The van der Waals surface area contributed by atoms with Gasteiger partial charge in [0.1, 0.15) is 0 Å². The van der Waals surface area contributed by atoms with Gasteiger partial charge in [-0.15, -0.1) is 12.4 Å². The van der Waals surface area contributed by atoms with Crippen LogP contribution >= 0.6 is 12.4 Å². The molecule has 0 aliphatic carbocycles. The summed E-state index contributed by atoms with van der Waals surface area (Å²) in [7, 11) is 1.99. The predicted molar refractivity (Wildman–Crippen MR) is 78.1 cm³/mol. The largest absolute Gasteiger partial charge is 0.382 e. The number of nitrogens with one attached hydrogen (secondary N) is 1. The second-order valence-corrected chi connectivity index (χ2v) is 3.66. The Morgan fingerprint density at radius 3 is 2.00 bits per heavy atom. The molecule has 1 N–H and O–H groups in total. The lowest BCUT2D eigenvalue weighted by atomic mass is 10.1. The van der Waals surface area contributed by atoms with Crippen LogP contribution in [0.5, 0.6) is 0 Å². The molecule has 1 rings (SSSR count). The summed E-state index contributed by atoms with van der Waals surface area (Å²) < 4.78 is 4.83. The lowest BCUT2D eigenvalue weighted by Crippen LogP contribution is -2.23. The Morgan fingerprint density at radius 2 is 1.65 bits per heavy atom. The second-order valence-electron chi connectivity index (χ2n) is 3.66. The van der Waals surface area contributed by atoms with Crippen molar-refractivity contribution in [2.75, 3.05) is 20.3 Å². The maximum Gasteiger partial charge on any atom is 0.0437 e. The van der Waals surface area contributed by atoms with Crippen LogP contribution in [-0.2, 0) is 11.2 Å². The molecule has 0 aliphatic rings. The van der Waals surface area contributed by atoms with Crippen molar-refractivity contribution in [3.05, 3.63) is 35.9 Å². The molecule has 17 heavy (non-hydrogen) atoms. The van der Waals surface area contributed by atoms with E-state index in [0.717, 1.165) is 19.6 Å². The molecule has 100 valence electrons. The Balaban J connectivity index is 0. The third kappa shape index (κ3) is 11.7. The van der Waals surface area contributed by atoms with E-state index >= 15 is 0 Å². The Bertz CT molecular complexity index is 239. The van der Waals surface area contributed by atoms with Gasteiger partial charge < -0.3 is 10.1 Å². The molecule has 0 saturated carbocycles. The Labute approximate surface area is 112 Å². The molecule has 0 unspecified atom stereocenters. The van der Waals surface area contributed by atoms with Gasteiger partial charge in [-0.05, 0) is 39.8 Å². The standard InChI is InChI=1S/C10H15N.C4H10O.ClH/c1-9(11-2)8-10-6-4-3-5-7-10;1-3-5-4-2;/h3-7,9,11H,8H2,1-2H3;3-4H2,1-2H3;1H/t9-;;/m0../s1. The topological polar surface area (TPSA) is 21.3 Å². The fraction of sp³-hybridized carbons (Fsp3) is 0.571. The molecule has 0 fully saturated rings. The SMILES string of the molecule is CCOCC.CN[C@@H](C)Cc1ccccc1.Cl. The van der Waals surface area contributed by atoms with Crippen molar-refractivity contribution < 1.29 is 4.74 Å². The van der Waals surface area contributed by atoms with Crippen LogP contribution in [0.15, 0.2) is 30.3 Å². The molecule has 1 atom stereocenters. The van der Waals surface area contributed by atoms with Crippen molar-refractivity contribution in [3.8, 4) is 0 Å². The van der Waals surface area contributed by atoms with Gasteiger partial charge in [-0.25, -0.2) is 0 Å². The van der Waals surface area contributed by atoms with Crippen LogP contribution in [0.25, 0.3) is 0 Å². The highest BCUT2D eigenvalue weighted by Crippen LogP contribution is 2.01. The zero-order valence-corrected chi connectivity index (χ0v) is 12.2. The van der Waals surface area contributed by atoms with Gasteiger partial charge in [0, 0.05) is 19.3 Å². The minimum Gasteiger partial charge on any atom is -0.382 e. The first-order valence-corrected chi connectivity index (χ1v) is 6.03. The van der Waals surface area contributed by atoms with Gasteiger partial charge in [0.25, 0.3) is 0 Å². The van der Waals surface area contributed by atoms with Crippen LogP contribution in [0.4, 0.5) is 0 Å². The monoisotopic (exact) mass is 259 g/mol. The van der Waals surface area contributed by atoms with Gasteiger partial charge in [-0.2, -0.15) is 0 Å². The van der Waals surface area contributed by atoms with Crippen molar-refractivity contribution in [2.24, 2.45) is 0 Å². The highest BCUT2D eigenvalue weighted by molar-refractivity contribution is 5.85. The van der Waals surface area contributed by atoms with Crippen LogP contribution in [0.3, 0.4) is 0 Å². The average molecular weight is 260 g/mol. The van der Waals surface area contributed by atoms with Gasteiger partial charge in [0.2, 0.25) is 0 Å². The highest BCUT2D eigenvalue weighted by atomic mass is 35.5. The maximum absolute atomic E-state index is 4.83. The molecule has 0 spiro atoms. The summed E-state index contributed by atoms with van der Waals surface area (Å²) in [6.07, 6.45) is 1.11. The zero-order valence-electron chi connectivity index (χ0n) is 11.4. The van der Waals surface area contributed by atoms with Gasteiger partial charge in [-0.1, -0.05) is 30.3 Å². The smallest absolute Gasteiger partial charge is 0.0437 e. The Morgan fingerprint density at radius 1 is 1.12 bits per heavy atom.